The molecule has 0 aliphatic heterocycles. The van der Waals surface area contributed by atoms with E-state index in [9.17, 15) is 9.59 Å². The van der Waals surface area contributed by atoms with Crippen LogP contribution in [0.4, 0.5) is 0 Å². The Balaban J connectivity index is 0.000000211. The molecule has 21 heavy (non-hydrogen) atoms. The van der Waals surface area contributed by atoms with E-state index in [4.69, 9.17) is 4.74 Å². The molecule has 1 fully saturated rings. The summed E-state index contributed by atoms with van der Waals surface area (Å²) in [5, 5.41) is 2.55. The van der Waals surface area contributed by atoms with Crippen molar-refractivity contribution in [2.45, 2.75) is 26.2 Å². The highest BCUT2D eigenvalue weighted by Crippen LogP contribution is 2.27. The van der Waals surface area contributed by atoms with Crippen LogP contribution in [0.5, 0.6) is 0 Å². The van der Waals surface area contributed by atoms with E-state index in [1.165, 1.54) is 5.57 Å². The molecule has 2 aliphatic carbocycles. The summed E-state index contributed by atoms with van der Waals surface area (Å²) in [5.74, 6) is 0.807. The topological polar surface area (TPSA) is 55.4 Å². The van der Waals surface area contributed by atoms with Crippen molar-refractivity contribution in [3.05, 3.63) is 36.0 Å². The molecular weight excluding hydrogens is 266 g/mol. The maximum absolute atomic E-state index is 11.1. The van der Waals surface area contributed by atoms with E-state index in [0.29, 0.717) is 31.1 Å². The van der Waals surface area contributed by atoms with Crippen LogP contribution in [0.1, 0.15) is 26.2 Å². The zero-order chi connectivity index (χ0) is 15.5. The minimum atomic E-state index is 0.0696. The highest BCUT2D eigenvalue weighted by molar-refractivity contribution is 5.83. The molecule has 116 valence electrons. The number of hydrogen-bond donors (Lipinski definition) is 1. The second-order valence-electron chi connectivity index (χ2n) is 5.35. The number of ketones is 1. The first-order chi connectivity index (χ1) is 10.2. The summed E-state index contributed by atoms with van der Waals surface area (Å²) >= 11 is 0. The van der Waals surface area contributed by atoms with Crippen molar-refractivity contribution in [2.24, 2.45) is 11.8 Å². The molecule has 1 amide bonds. The maximum Gasteiger partial charge on any atom is 0.207 e. The molecule has 0 heterocycles. The monoisotopic (exact) mass is 291 g/mol. The SMILES string of the molecule is CC1CCC(=O)C1CNC=O.COCC1=CCC=CC=C1. The van der Waals surface area contributed by atoms with E-state index < -0.39 is 0 Å². The molecule has 2 aliphatic rings. The second-order valence-corrected chi connectivity index (χ2v) is 5.35. The molecule has 2 atom stereocenters. The van der Waals surface area contributed by atoms with Crippen molar-refractivity contribution in [1.82, 2.24) is 5.32 Å². The van der Waals surface area contributed by atoms with Crippen LogP contribution in [0, 0.1) is 11.8 Å². The van der Waals surface area contributed by atoms with Gasteiger partial charge in [0.1, 0.15) is 5.78 Å². The Morgan fingerprint density at radius 1 is 1.43 bits per heavy atom. The van der Waals surface area contributed by atoms with Crippen molar-refractivity contribution < 1.29 is 14.3 Å². The van der Waals surface area contributed by atoms with Crippen molar-refractivity contribution >= 4 is 12.2 Å². The third-order valence-electron chi connectivity index (χ3n) is 3.75. The molecule has 0 aromatic carbocycles. The van der Waals surface area contributed by atoms with Gasteiger partial charge in [0.15, 0.2) is 0 Å². The van der Waals surface area contributed by atoms with E-state index >= 15 is 0 Å². The molecule has 0 bridgehead atoms. The lowest BCUT2D eigenvalue weighted by atomic mass is 9.98. The Labute approximate surface area is 126 Å². The number of ether oxygens (including phenoxy) is 1. The molecule has 2 rings (SSSR count). The van der Waals surface area contributed by atoms with Crippen LogP contribution in [0.15, 0.2) is 36.0 Å². The van der Waals surface area contributed by atoms with Gasteiger partial charge in [0, 0.05) is 26.0 Å². The van der Waals surface area contributed by atoms with Crippen LogP contribution in [-0.2, 0) is 14.3 Å². The summed E-state index contributed by atoms with van der Waals surface area (Å²) in [7, 11) is 1.72. The molecule has 4 heteroatoms. The molecule has 0 aromatic rings. The standard InChI is InChI=1S/C9H12O.C8H13NO2/c1-10-8-9-6-4-2-3-5-7-9;1-6-2-3-8(11)7(6)4-9-5-10/h2-4,6-7H,5,8H2,1H3;5-7H,2-4H2,1H3,(H,9,10). The summed E-state index contributed by atoms with van der Waals surface area (Å²) in [4.78, 5) is 21.1. The van der Waals surface area contributed by atoms with Crippen LogP contribution >= 0.6 is 0 Å². The number of Topliss-reactive ketones (excluding diaryl/α,β-unsaturated/α-hetero) is 1. The third kappa shape index (κ3) is 6.54. The van der Waals surface area contributed by atoms with E-state index in [0.717, 1.165) is 19.4 Å². The quantitative estimate of drug-likeness (QED) is 0.791. The zero-order valence-electron chi connectivity index (χ0n) is 12.9. The van der Waals surface area contributed by atoms with Crippen LogP contribution < -0.4 is 5.32 Å². The third-order valence-corrected chi connectivity index (χ3v) is 3.75. The fourth-order valence-corrected chi connectivity index (χ4v) is 2.46. The molecule has 0 saturated heterocycles. The smallest absolute Gasteiger partial charge is 0.207 e. The van der Waals surface area contributed by atoms with Crippen molar-refractivity contribution in [2.75, 3.05) is 20.3 Å². The van der Waals surface area contributed by atoms with Crippen molar-refractivity contribution in [1.29, 1.82) is 0 Å². The van der Waals surface area contributed by atoms with Crippen LogP contribution in [-0.4, -0.2) is 32.5 Å². The van der Waals surface area contributed by atoms with Crippen molar-refractivity contribution in [3.8, 4) is 0 Å². The van der Waals surface area contributed by atoms with Gasteiger partial charge in [-0.25, -0.2) is 0 Å². The van der Waals surface area contributed by atoms with Gasteiger partial charge in [0.05, 0.1) is 6.61 Å². The average Bonchev–Trinajstić information content (AvgIpc) is 2.70. The lowest BCUT2D eigenvalue weighted by Gasteiger charge is -2.11. The first kappa shape index (κ1) is 17.4. The fraction of sp³-hybridized carbons (Fsp3) is 0.529. The number of carbonyl (C=O) groups is 2. The highest BCUT2D eigenvalue weighted by Gasteiger charge is 2.30. The largest absolute Gasteiger partial charge is 0.380 e. The lowest BCUT2D eigenvalue weighted by molar-refractivity contribution is -0.121. The van der Waals surface area contributed by atoms with Crippen LogP contribution in [0.3, 0.4) is 0 Å². The number of nitrogens with one attached hydrogen (secondary N) is 1. The zero-order valence-corrected chi connectivity index (χ0v) is 12.9. The van der Waals surface area contributed by atoms with Crippen molar-refractivity contribution in [3.63, 3.8) is 0 Å². The summed E-state index contributed by atoms with van der Waals surface area (Å²) in [6, 6.07) is 0. The van der Waals surface area contributed by atoms with Gasteiger partial charge in [0.25, 0.3) is 0 Å². The predicted molar refractivity (Wildman–Crippen MR) is 83.8 cm³/mol. The Morgan fingerprint density at radius 2 is 2.24 bits per heavy atom. The number of rotatable bonds is 5. The molecular formula is C17H25NO3. The van der Waals surface area contributed by atoms with E-state index in [1.807, 2.05) is 6.08 Å². The molecule has 4 nitrogen and oxygen atoms in total. The number of amides is 1. The first-order valence-electron chi connectivity index (χ1n) is 7.40. The molecule has 1 N–H and O–H groups in total. The number of allylic oxidation sites excluding steroid dienone is 4. The van der Waals surface area contributed by atoms with Gasteiger partial charge in [-0.05, 0) is 24.3 Å². The Bertz CT molecular complexity index is 424. The summed E-state index contributed by atoms with van der Waals surface area (Å²) in [6.07, 6.45) is 13.8. The summed E-state index contributed by atoms with van der Waals surface area (Å²) in [6.45, 7) is 3.30. The normalized spacial score (nSPS) is 23.9. The van der Waals surface area contributed by atoms with Crippen LogP contribution in [0.2, 0.25) is 0 Å². The number of carbonyl (C=O) groups excluding carboxylic acids is 2. The van der Waals surface area contributed by atoms with Gasteiger partial charge in [-0.3, -0.25) is 9.59 Å². The fourth-order valence-electron chi connectivity index (χ4n) is 2.46. The summed E-state index contributed by atoms with van der Waals surface area (Å²) in [5.41, 5.74) is 1.26. The molecule has 0 radical (unpaired) electrons. The Hall–Kier alpha value is -1.68. The summed E-state index contributed by atoms with van der Waals surface area (Å²) < 4.78 is 4.99. The maximum atomic E-state index is 11.1. The van der Waals surface area contributed by atoms with Gasteiger partial charge in [-0.2, -0.15) is 0 Å². The van der Waals surface area contributed by atoms with Gasteiger partial charge < -0.3 is 10.1 Å². The highest BCUT2D eigenvalue weighted by atomic mass is 16.5. The predicted octanol–water partition coefficient (Wildman–Crippen LogP) is 2.42. The lowest BCUT2D eigenvalue weighted by Crippen LogP contribution is -2.27. The van der Waals surface area contributed by atoms with Crippen LogP contribution in [0.25, 0.3) is 0 Å². The van der Waals surface area contributed by atoms with E-state index in [-0.39, 0.29) is 5.92 Å². The molecule has 0 spiro atoms. The Morgan fingerprint density at radius 3 is 2.86 bits per heavy atom. The Kier molecular flexibility index (Phi) is 8.36. The van der Waals surface area contributed by atoms with Gasteiger partial charge in [-0.1, -0.05) is 37.3 Å². The first-order valence-corrected chi connectivity index (χ1v) is 7.40. The molecule has 0 aromatic heterocycles. The van der Waals surface area contributed by atoms with Gasteiger partial charge in [0.2, 0.25) is 6.41 Å². The second kappa shape index (κ2) is 10.1. The number of hydrogen-bond acceptors (Lipinski definition) is 3. The minimum Gasteiger partial charge on any atom is -0.380 e. The van der Waals surface area contributed by atoms with Gasteiger partial charge in [-0.15, -0.1) is 0 Å². The molecule has 2 unspecified atom stereocenters. The van der Waals surface area contributed by atoms with E-state index in [1.54, 1.807) is 7.11 Å². The average molecular weight is 291 g/mol. The minimum absolute atomic E-state index is 0.0696. The number of methoxy groups -OCH3 is 1. The van der Waals surface area contributed by atoms with E-state index in [2.05, 4.69) is 36.5 Å². The van der Waals surface area contributed by atoms with Gasteiger partial charge >= 0.3 is 0 Å². The molecule has 1 saturated carbocycles.